The quantitative estimate of drug-likeness (QED) is 0.482. The molecule has 0 spiro atoms. The summed E-state index contributed by atoms with van der Waals surface area (Å²) < 4.78 is 23.6. The maximum atomic E-state index is 13.5. The molecule has 1 amide bonds. The van der Waals surface area contributed by atoms with Gasteiger partial charge in [0.05, 0.1) is 4.90 Å². The van der Waals surface area contributed by atoms with E-state index in [4.69, 9.17) is 5.14 Å². The lowest BCUT2D eigenvalue weighted by Crippen LogP contribution is -2.35. The van der Waals surface area contributed by atoms with Gasteiger partial charge in [0.25, 0.3) is 0 Å². The summed E-state index contributed by atoms with van der Waals surface area (Å²) in [7, 11) is -3.82. The van der Waals surface area contributed by atoms with Crippen molar-refractivity contribution < 1.29 is 13.2 Å². The Morgan fingerprint density at radius 2 is 1.50 bits per heavy atom. The van der Waals surface area contributed by atoms with Crippen molar-refractivity contribution in [1.82, 2.24) is 0 Å². The SMILES string of the molecule is NS(=O)(=O)c1ccc2c(c1)N(C(=O)C1Cc3ccc(-c4ccc5ccccc5c4)cc3C1)CC2. The van der Waals surface area contributed by atoms with E-state index in [-0.39, 0.29) is 16.7 Å². The third-order valence-corrected chi connectivity index (χ3v) is 8.03. The lowest BCUT2D eigenvalue weighted by Gasteiger charge is -2.21. The standard InChI is InChI=1S/C28H24N2O3S/c29-34(32,33)26-10-9-19-11-12-30(27(19)17-26)28(31)25-15-23-8-7-22(14-24(23)16-25)21-6-5-18-3-1-2-4-20(18)13-21/h1-10,13-14,17,25H,11-12,15-16H2,(H2,29,32,33). The summed E-state index contributed by atoms with van der Waals surface area (Å²) >= 11 is 0. The molecule has 0 bridgehead atoms. The van der Waals surface area contributed by atoms with Gasteiger partial charge in [0.1, 0.15) is 0 Å². The first kappa shape index (κ1) is 21.1. The minimum atomic E-state index is -3.82. The summed E-state index contributed by atoms with van der Waals surface area (Å²) in [6, 6.07) is 26.1. The Kier molecular flexibility index (Phi) is 4.83. The molecule has 1 unspecified atom stereocenters. The molecule has 34 heavy (non-hydrogen) atoms. The van der Waals surface area contributed by atoms with E-state index in [1.54, 1.807) is 11.0 Å². The minimum absolute atomic E-state index is 0.0423. The summed E-state index contributed by atoms with van der Waals surface area (Å²) in [6.07, 6.45) is 2.11. The maximum Gasteiger partial charge on any atom is 0.238 e. The lowest BCUT2D eigenvalue weighted by molar-refractivity contribution is -0.122. The summed E-state index contributed by atoms with van der Waals surface area (Å²) in [5, 5.41) is 7.74. The molecule has 2 N–H and O–H groups in total. The monoisotopic (exact) mass is 468 g/mol. The second kappa shape index (κ2) is 7.79. The summed E-state index contributed by atoms with van der Waals surface area (Å²) in [5.41, 5.74) is 6.39. The number of nitrogens with zero attached hydrogens (tertiary/aromatic N) is 1. The number of carbonyl (C=O) groups is 1. The van der Waals surface area contributed by atoms with Crippen LogP contribution in [0.2, 0.25) is 0 Å². The van der Waals surface area contributed by atoms with E-state index in [1.807, 2.05) is 12.1 Å². The van der Waals surface area contributed by atoms with Gasteiger partial charge < -0.3 is 4.90 Å². The van der Waals surface area contributed by atoms with E-state index in [9.17, 15) is 13.2 Å². The van der Waals surface area contributed by atoms with E-state index in [0.717, 1.165) is 17.5 Å². The molecule has 5 nitrogen and oxygen atoms in total. The average molecular weight is 469 g/mol. The van der Waals surface area contributed by atoms with Gasteiger partial charge in [-0.2, -0.15) is 0 Å². The molecule has 4 aromatic rings. The molecule has 0 saturated carbocycles. The Balaban J connectivity index is 1.26. The molecule has 1 aliphatic carbocycles. The zero-order valence-electron chi connectivity index (χ0n) is 18.6. The molecule has 0 saturated heterocycles. The van der Waals surface area contributed by atoms with E-state index >= 15 is 0 Å². The van der Waals surface area contributed by atoms with Gasteiger partial charge in [-0.1, -0.05) is 60.7 Å². The first-order valence-electron chi connectivity index (χ1n) is 11.4. The fourth-order valence-electron chi connectivity index (χ4n) is 5.33. The van der Waals surface area contributed by atoms with E-state index in [1.165, 1.54) is 39.6 Å². The van der Waals surface area contributed by atoms with Crippen molar-refractivity contribution in [2.45, 2.75) is 24.2 Å². The van der Waals surface area contributed by atoms with Crippen molar-refractivity contribution in [3.05, 3.63) is 95.6 Å². The molecule has 2 aliphatic rings. The number of rotatable bonds is 3. The van der Waals surface area contributed by atoms with Crippen LogP contribution in [-0.4, -0.2) is 20.9 Å². The number of hydrogen-bond acceptors (Lipinski definition) is 3. The molecular weight excluding hydrogens is 444 g/mol. The van der Waals surface area contributed by atoms with Crippen LogP contribution in [0.3, 0.4) is 0 Å². The van der Waals surface area contributed by atoms with Crippen molar-refractivity contribution >= 4 is 32.4 Å². The maximum absolute atomic E-state index is 13.5. The predicted octanol–water partition coefficient (Wildman–Crippen LogP) is 4.46. The molecule has 0 aromatic heterocycles. The lowest BCUT2D eigenvalue weighted by atomic mass is 9.98. The zero-order chi connectivity index (χ0) is 23.4. The van der Waals surface area contributed by atoms with Crippen molar-refractivity contribution in [2.24, 2.45) is 11.1 Å². The van der Waals surface area contributed by atoms with E-state index < -0.39 is 10.0 Å². The van der Waals surface area contributed by atoms with Crippen LogP contribution in [0, 0.1) is 5.92 Å². The number of amides is 1. The number of anilines is 1. The highest BCUT2D eigenvalue weighted by Gasteiger charge is 2.34. The van der Waals surface area contributed by atoms with E-state index in [0.29, 0.717) is 25.1 Å². The molecule has 0 fully saturated rings. The molecule has 0 radical (unpaired) electrons. The van der Waals surface area contributed by atoms with Gasteiger partial charge in [-0.25, -0.2) is 13.6 Å². The largest absolute Gasteiger partial charge is 0.312 e. The Morgan fingerprint density at radius 3 is 2.32 bits per heavy atom. The molecular formula is C28H24N2O3S. The predicted molar refractivity (Wildman–Crippen MR) is 134 cm³/mol. The van der Waals surface area contributed by atoms with Crippen LogP contribution in [0.5, 0.6) is 0 Å². The van der Waals surface area contributed by atoms with Crippen LogP contribution >= 0.6 is 0 Å². The number of sulfonamides is 1. The Labute approximate surface area is 198 Å². The molecule has 1 atom stereocenters. The smallest absolute Gasteiger partial charge is 0.238 e. The summed E-state index contributed by atoms with van der Waals surface area (Å²) in [5.74, 6) is -0.0975. The third kappa shape index (κ3) is 3.59. The average Bonchev–Trinajstić information content (AvgIpc) is 3.46. The highest BCUT2D eigenvalue weighted by Crippen LogP contribution is 2.36. The van der Waals surface area contributed by atoms with Crippen LogP contribution in [0.4, 0.5) is 5.69 Å². The number of primary sulfonamides is 1. The van der Waals surface area contributed by atoms with Crippen LogP contribution in [0.25, 0.3) is 21.9 Å². The van der Waals surface area contributed by atoms with E-state index in [2.05, 4.69) is 48.5 Å². The zero-order valence-corrected chi connectivity index (χ0v) is 19.4. The third-order valence-electron chi connectivity index (χ3n) is 7.12. The minimum Gasteiger partial charge on any atom is -0.312 e. The van der Waals surface area contributed by atoms with Gasteiger partial charge >= 0.3 is 0 Å². The molecule has 4 aromatic carbocycles. The van der Waals surface area contributed by atoms with Gasteiger partial charge in [-0.15, -0.1) is 0 Å². The number of nitrogens with two attached hydrogens (primary N) is 1. The van der Waals surface area contributed by atoms with Crippen LogP contribution in [0.15, 0.2) is 83.8 Å². The number of carbonyl (C=O) groups excluding carboxylic acids is 1. The molecule has 1 heterocycles. The fourth-order valence-corrected chi connectivity index (χ4v) is 5.86. The van der Waals surface area contributed by atoms with Crippen molar-refractivity contribution in [3.63, 3.8) is 0 Å². The molecule has 1 aliphatic heterocycles. The fraction of sp³-hybridized carbons (Fsp3) is 0.179. The van der Waals surface area contributed by atoms with Crippen molar-refractivity contribution in [3.8, 4) is 11.1 Å². The second-order valence-electron chi connectivity index (χ2n) is 9.23. The van der Waals surface area contributed by atoms with Gasteiger partial charge in [-0.3, -0.25) is 4.79 Å². The highest BCUT2D eigenvalue weighted by molar-refractivity contribution is 7.89. The number of hydrogen-bond donors (Lipinski definition) is 1. The Morgan fingerprint density at radius 1 is 0.794 bits per heavy atom. The second-order valence-corrected chi connectivity index (χ2v) is 10.8. The van der Waals surface area contributed by atoms with Gasteiger partial charge in [0, 0.05) is 18.2 Å². The first-order valence-corrected chi connectivity index (χ1v) is 13.0. The Hall–Kier alpha value is -3.48. The van der Waals surface area contributed by atoms with Crippen LogP contribution in [-0.2, 0) is 34.1 Å². The van der Waals surface area contributed by atoms with Crippen LogP contribution < -0.4 is 10.0 Å². The number of benzene rings is 4. The molecule has 6 rings (SSSR count). The molecule has 6 heteroatoms. The summed E-state index contributed by atoms with van der Waals surface area (Å²) in [4.78, 5) is 15.3. The summed E-state index contributed by atoms with van der Waals surface area (Å²) in [6.45, 7) is 0.567. The van der Waals surface area contributed by atoms with Gasteiger partial charge in [-0.05, 0) is 76.1 Å². The van der Waals surface area contributed by atoms with Gasteiger partial charge in [0.2, 0.25) is 15.9 Å². The van der Waals surface area contributed by atoms with Crippen LogP contribution in [0.1, 0.15) is 16.7 Å². The van der Waals surface area contributed by atoms with Crippen molar-refractivity contribution in [2.75, 3.05) is 11.4 Å². The molecule has 170 valence electrons. The van der Waals surface area contributed by atoms with Gasteiger partial charge in [0.15, 0.2) is 0 Å². The first-order chi connectivity index (χ1) is 16.4. The Bertz CT molecular complexity index is 1580. The number of fused-ring (bicyclic) bond motifs is 3. The topological polar surface area (TPSA) is 80.5 Å². The van der Waals surface area contributed by atoms with Crippen molar-refractivity contribution in [1.29, 1.82) is 0 Å². The highest BCUT2D eigenvalue weighted by atomic mass is 32.2. The normalized spacial score (nSPS) is 17.1.